The molecule has 0 aliphatic carbocycles. The molecule has 0 unspecified atom stereocenters. The van der Waals surface area contributed by atoms with Gasteiger partial charge in [-0.15, -0.1) is 0 Å². The van der Waals surface area contributed by atoms with Crippen LogP contribution in [0.5, 0.6) is 5.75 Å². The lowest BCUT2D eigenvalue weighted by molar-refractivity contribution is -0.116. The third-order valence-corrected chi connectivity index (χ3v) is 2.55. The molecule has 1 rings (SSSR count). The second-order valence-corrected chi connectivity index (χ2v) is 4.06. The number of rotatable bonds is 9. The molecule has 0 bridgehead atoms. The SMILES string of the molecule is COc1ccccc1/C=C/C(=O)NCCCOCCO. The third kappa shape index (κ3) is 6.36. The molecule has 0 saturated heterocycles. The van der Waals surface area contributed by atoms with E-state index >= 15 is 0 Å². The number of methoxy groups -OCH3 is 1. The zero-order chi connectivity index (χ0) is 14.6. The lowest BCUT2D eigenvalue weighted by Gasteiger charge is -2.04. The lowest BCUT2D eigenvalue weighted by atomic mass is 10.2. The van der Waals surface area contributed by atoms with E-state index in [-0.39, 0.29) is 12.5 Å². The van der Waals surface area contributed by atoms with Gasteiger partial charge in [0, 0.05) is 24.8 Å². The Labute approximate surface area is 119 Å². The molecule has 110 valence electrons. The zero-order valence-corrected chi connectivity index (χ0v) is 11.7. The summed E-state index contributed by atoms with van der Waals surface area (Å²) >= 11 is 0. The number of para-hydroxylation sites is 1. The molecule has 0 saturated carbocycles. The standard InChI is InChI=1S/C15H21NO4/c1-19-14-6-3-2-5-13(14)7-8-15(18)16-9-4-11-20-12-10-17/h2-3,5-8,17H,4,9-12H2,1H3,(H,16,18)/b8-7+. The zero-order valence-electron chi connectivity index (χ0n) is 11.7. The summed E-state index contributed by atoms with van der Waals surface area (Å²) in [5.41, 5.74) is 0.858. The summed E-state index contributed by atoms with van der Waals surface area (Å²) in [7, 11) is 1.60. The van der Waals surface area contributed by atoms with Crippen LogP contribution in [0.25, 0.3) is 6.08 Å². The number of amides is 1. The molecule has 5 nitrogen and oxygen atoms in total. The first-order valence-corrected chi connectivity index (χ1v) is 6.55. The van der Waals surface area contributed by atoms with Gasteiger partial charge in [0.2, 0.25) is 5.91 Å². The number of carbonyl (C=O) groups excluding carboxylic acids is 1. The van der Waals surface area contributed by atoms with Crippen LogP contribution < -0.4 is 10.1 Å². The molecule has 2 N–H and O–H groups in total. The Morgan fingerprint density at radius 2 is 2.15 bits per heavy atom. The molecule has 0 fully saturated rings. The highest BCUT2D eigenvalue weighted by atomic mass is 16.5. The monoisotopic (exact) mass is 279 g/mol. The number of hydrogen-bond acceptors (Lipinski definition) is 4. The quantitative estimate of drug-likeness (QED) is 0.527. The molecule has 0 radical (unpaired) electrons. The first-order valence-electron chi connectivity index (χ1n) is 6.55. The second kappa shape index (κ2) is 10.00. The van der Waals surface area contributed by atoms with Crippen molar-refractivity contribution in [3.05, 3.63) is 35.9 Å². The van der Waals surface area contributed by atoms with Crippen molar-refractivity contribution in [2.45, 2.75) is 6.42 Å². The van der Waals surface area contributed by atoms with Crippen LogP contribution in [0.2, 0.25) is 0 Å². The van der Waals surface area contributed by atoms with Crippen molar-refractivity contribution in [1.82, 2.24) is 5.32 Å². The maximum absolute atomic E-state index is 11.6. The van der Waals surface area contributed by atoms with E-state index < -0.39 is 0 Å². The van der Waals surface area contributed by atoms with Gasteiger partial charge in [-0.2, -0.15) is 0 Å². The molecule has 5 heteroatoms. The number of nitrogens with one attached hydrogen (secondary N) is 1. The Bertz CT molecular complexity index is 432. The van der Waals surface area contributed by atoms with Gasteiger partial charge in [0.15, 0.2) is 0 Å². The van der Waals surface area contributed by atoms with Crippen molar-refractivity contribution in [3.63, 3.8) is 0 Å². The van der Waals surface area contributed by atoms with Gasteiger partial charge < -0.3 is 19.9 Å². The highest BCUT2D eigenvalue weighted by Gasteiger charge is 1.99. The van der Waals surface area contributed by atoms with Crippen LogP contribution >= 0.6 is 0 Å². The normalized spacial score (nSPS) is 10.7. The molecule has 20 heavy (non-hydrogen) atoms. The summed E-state index contributed by atoms with van der Waals surface area (Å²) in [5, 5.41) is 11.3. The molecule has 0 heterocycles. The van der Waals surface area contributed by atoms with E-state index in [2.05, 4.69) is 5.32 Å². The van der Waals surface area contributed by atoms with E-state index in [4.69, 9.17) is 14.6 Å². The number of benzene rings is 1. The van der Waals surface area contributed by atoms with Gasteiger partial charge in [0.1, 0.15) is 5.75 Å². The Morgan fingerprint density at radius 3 is 2.90 bits per heavy atom. The maximum atomic E-state index is 11.6. The molecule has 0 atom stereocenters. The predicted molar refractivity (Wildman–Crippen MR) is 77.6 cm³/mol. The van der Waals surface area contributed by atoms with Crippen molar-refractivity contribution in [3.8, 4) is 5.75 Å². The summed E-state index contributed by atoms with van der Waals surface area (Å²) in [5.74, 6) is 0.576. The van der Waals surface area contributed by atoms with Crippen molar-refractivity contribution in [2.24, 2.45) is 0 Å². The largest absolute Gasteiger partial charge is 0.496 e. The van der Waals surface area contributed by atoms with Crippen molar-refractivity contribution in [1.29, 1.82) is 0 Å². The first-order chi connectivity index (χ1) is 9.77. The third-order valence-electron chi connectivity index (χ3n) is 2.55. The average Bonchev–Trinajstić information content (AvgIpc) is 2.49. The minimum Gasteiger partial charge on any atom is -0.496 e. The van der Waals surface area contributed by atoms with Gasteiger partial charge >= 0.3 is 0 Å². The molecular formula is C15H21NO4. The van der Waals surface area contributed by atoms with Crippen LogP contribution in [0.15, 0.2) is 30.3 Å². The Hall–Kier alpha value is -1.85. The first kappa shape index (κ1) is 16.2. The maximum Gasteiger partial charge on any atom is 0.244 e. The summed E-state index contributed by atoms with van der Waals surface area (Å²) in [6.45, 7) is 1.42. The summed E-state index contributed by atoms with van der Waals surface area (Å²) in [4.78, 5) is 11.6. The van der Waals surface area contributed by atoms with E-state index in [0.29, 0.717) is 26.2 Å². The fourth-order valence-corrected chi connectivity index (χ4v) is 1.58. The van der Waals surface area contributed by atoms with Crippen molar-refractivity contribution in [2.75, 3.05) is 33.5 Å². The highest BCUT2D eigenvalue weighted by molar-refractivity contribution is 5.92. The second-order valence-electron chi connectivity index (χ2n) is 4.06. The topological polar surface area (TPSA) is 67.8 Å². The van der Waals surface area contributed by atoms with E-state index in [1.54, 1.807) is 13.2 Å². The number of hydrogen-bond donors (Lipinski definition) is 2. The van der Waals surface area contributed by atoms with Crippen molar-refractivity contribution < 1.29 is 19.4 Å². The van der Waals surface area contributed by atoms with Crippen LogP contribution in [0.3, 0.4) is 0 Å². The van der Waals surface area contributed by atoms with Gasteiger partial charge in [0.25, 0.3) is 0 Å². The number of aliphatic hydroxyl groups excluding tert-OH is 1. The number of ether oxygens (including phenoxy) is 2. The van der Waals surface area contributed by atoms with Gasteiger partial charge in [-0.3, -0.25) is 4.79 Å². The van der Waals surface area contributed by atoms with E-state index in [9.17, 15) is 4.79 Å². The van der Waals surface area contributed by atoms with Crippen LogP contribution in [0, 0.1) is 0 Å². The fourth-order valence-electron chi connectivity index (χ4n) is 1.58. The average molecular weight is 279 g/mol. The summed E-state index contributed by atoms with van der Waals surface area (Å²) in [6, 6.07) is 7.49. The smallest absolute Gasteiger partial charge is 0.244 e. The molecule has 0 aliphatic heterocycles. The van der Waals surface area contributed by atoms with Crippen LogP contribution in [0.4, 0.5) is 0 Å². The lowest BCUT2D eigenvalue weighted by Crippen LogP contribution is -2.23. The van der Waals surface area contributed by atoms with E-state index in [1.807, 2.05) is 24.3 Å². The van der Waals surface area contributed by atoms with Crippen LogP contribution in [0.1, 0.15) is 12.0 Å². The van der Waals surface area contributed by atoms with E-state index in [1.165, 1.54) is 6.08 Å². The van der Waals surface area contributed by atoms with Gasteiger partial charge in [-0.25, -0.2) is 0 Å². The fraction of sp³-hybridized carbons (Fsp3) is 0.400. The summed E-state index contributed by atoms with van der Waals surface area (Å²) < 4.78 is 10.3. The van der Waals surface area contributed by atoms with Crippen LogP contribution in [-0.4, -0.2) is 44.5 Å². The predicted octanol–water partition coefficient (Wildman–Crippen LogP) is 1.22. The number of carbonyl (C=O) groups is 1. The molecule has 1 aromatic carbocycles. The molecule has 0 aromatic heterocycles. The van der Waals surface area contributed by atoms with Gasteiger partial charge in [-0.05, 0) is 18.6 Å². The van der Waals surface area contributed by atoms with Gasteiger partial charge in [-0.1, -0.05) is 18.2 Å². The summed E-state index contributed by atoms with van der Waals surface area (Å²) in [6.07, 6.45) is 3.91. The van der Waals surface area contributed by atoms with Crippen LogP contribution in [-0.2, 0) is 9.53 Å². The Morgan fingerprint density at radius 1 is 1.35 bits per heavy atom. The Balaban J connectivity index is 2.29. The molecule has 1 amide bonds. The molecule has 1 aromatic rings. The minimum atomic E-state index is -0.155. The minimum absolute atomic E-state index is 0.0218. The molecule has 0 spiro atoms. The van der Waals surface area contributed by atoms with Gasteiger partial charge in [0.05, 0.1) is 20.3 Å². The highest BCUT2D eigenvalue weighted by Crippen LogP contribution is 2.18. The Kier molecular flexibility index (Phi) is 8.10. The van der Waals surface area contributed by atoms with E-state index in [0.717, 1.165) is 11.3 Å². The van der Waals surface area contributed by atoms with Crippen molar-refractivity contribution >= 4 is 12.0 Å². The molecule has 0 aliphatic rings. The molecular weight excluding hydrogens is 258 g/mol. The number of aliphatic hydroxyl groups is 1.